The Morgan fingerprint density at radius 3 is 2.72 bits per heavy atom. The van der Waals surface area contributed by atoms with Crippen LogP contribution in [-0.4, -0.2) is 54.8 Å². The van der Waals surface area contributed by atoms with Crippen LogP contribution in [0.4, 0.5) is 11.4 Å². The third-order valence-electron chi connectivity index (χ3n) is 5.44. The molecule has 1 atom stereocenters. The summed E-state index contributed by atoms with van der Waals surface area (Å²) in [6.07, 6.45) is 3.94. The lowest BCUT2D eigenvalue weighted by Crippen LogP contribution is -2.43. The number of H-pyrrole nitrogens is 1. The van der Waals surface area contributed by atoms with E-state index in [-0.39, 0.29) is 23.4 Å². The number of aryl methyl sites for hydroxylation is 1. The van der Waals surface area contributed by atoms with Crippen molar-refractivity contribution in [3.63, 3.8) is 0 Å². The van der Waals surface area contributed by atoms with Crippen LogP contribution in [0.3, 0.4) is 0 Å². The summed E-state index contributed by atoms with van der Waals surface area (Å²) in [5, 5.41) is 3.05. The number of nitrogens with one attached hydrogen (secondary N) is 2. The number of sulfonamides is 1. The first-order valence-corrected chi connectivity index (χ1v) is 11.5. The summed E-state index contributed by atoms with van der Waals surface area (Å²) in [7, 11) is -3.66. The molecule has 8 nitrogen and oxygen atoms in total. The number of rotatable bonds is 7. The van der Waals surface area contributed by atoms with Gasteiger partial charge in [0.25, 0.3) is 10.0 Å². The van der Waals surface area contributed by atoms with Crippen LogP contribution in [0, 0.1) is 12.8 Å². The number of benzene rings is 1. The van der Waals surface area contributed by atoms with Gasteiger partial charge in [-0.05, 0) is 57.4 Å². The molecule has 2 heterocycles. The van der Waals surface area contributed by atoms with Crippen molar-refractivity contribution in [2.24, 2.45) is 5.92 Å². The number of nitrogens with zero attached hydrogens (tertiary/aromatic N) is 3. The lowest BCUT2D eigenvalue weighted by molar-refractivity contribution is -0.120. The predicted molar refractivity (Wildman–Crippen MR) is 113 cm³/mol. The topological polar surface area (TPSA) is 98.4 Å². The molecule has 1 aliphatic heterocycles. The molecular formula is C20H29N5O3S. The second kappa shape index (κ2) is 8.96. The van der Waals surface area contributed by atoms with Crippen LogP contribution >= 0.6 is 0 Å². The van der Waals surface area contributed by atoms with E-state index in [4.69, 9.17) is 0 Å². The van der Waals surface area contributed by atoms with Gasteiger partial charge in [0.15, 0.2) is 5.03 Å². The van der Waals surface area contributed by atoms with Gasteiger partial charge in [-0.15, -0.1) is 0 Å². The molecule has 0 spiro atoms. The molecule has 29 heavy (non-hydrogen) atoms. The van der Waals surface area contributed by atoms with Crippen LogP contribution in [0.2, 0.25) is 0 Å². The van der Waals surface area contributed by atoms with Gasteiger partial charge in [0, 0.05) is 37.6 Å². The highest BCUT2D eigenvalue weighted by molar-refractivity contribution is 7.89. The first kappa shape index (κ1) is 21.3. The second-order valence-electron chi connectivity index (χ2n) is 7.28. The lowest BCUT2D eigenvalue weighted by atomic mass is 9.98. The Labute approximate surface area is 172 Å². The van der Waals surface area contributed by atoms with Gasteiger partial charge >= 0.3 is 0 Å². The average molecular weight is 420 g/mol. The van der Waals surface area contributed by atoms with E-state index in [0.717, 1.165) is 30.0 Å². The molecule has 0 unspecified atom stereocenters. The number of hydrogen-bond donors (Lipinski definition) is 2. The molecule has 1 fully saturated rings. The molecule has 1 aromatic carbocycles. The maximum Gasteiger partial charge on any atom is 0.260 e. The normalized spacial score (nSPS) is 17.8. The molecule has 1 aromatic heterocycles. The molecule has 1 saturated heterocycles. The van der Waals surface area contributed by atoms with Gasteiger partial charge in [0.1, 0.15) is 0 Å². The molecule has 0 saturated carbocycles. The van der Waals surface area contributed by atoms with Crippen molar-refractivity contribution in [2.45, 2.75) is 38.6 Å². The molecule has 0 radical (unpaired) electrons. The molecule has 2 N–H and O–H groups in total. The molecule has 1 amide bonds. The van der Waals surface area contributed by atoms with Crippen LogP contribution in [0.1, 0.15) is 32.3 Å². The van der Waals surface area contributed by atoms with Crippen molar-refractivity contribution < 1.29 is 13.2 Å². The summed E-state index contributed by atoms with van der Waals surface area (Å²) in [6, 6.07) is 5.99. The third-order valence-corrected chi connectivity index (χ3v) is 7.23. The average Bonchev–Trinajstić information content (AvgIpc) is 3.27. The zero-order chi connectivity index (χ0) is 21.0. The zero-order valence-electron chi connectivity index (χ0n) is 17.2. The molecule has 9 heteroatoms. The molecule has 2 aromatic rings. The zero-order valence-corrected chi connectivity index (χ0v) is 18.0. The van der Waals surface area contributed by atoms with Gasteiger partial charge in [0.05, 0.1) is 18.4 Å². The lowest BCUT2D eigenvalue weighted by Gasteiger charge is -2.31. The van der Waals surface area contributed by atoms with E-state index < -0.39 is 10.0 Å². The van der Waals surface area contributed by atoms with Gasteiger partial charge in [-0.3, -0.25) is 4.79 Å². The highest BCUT2D eigenvalue weighted by atomic mass is 32.2. The van der Waals surface area contributed by atoms with Gasteiger partial charge in [-0.25, -0.2) is 13.4 Å². The highest BCUT2D eigenvalue weighted by Gasteiger charge is 2.34. The monoisotopic (exact) mass is 419 g/mol. The summed E-state index contributed by atoms with van der Waals surface area (Å²) in [5.74, 6) is -0.531. The van der Waals surface area contributed by atoms with Gasteiger partial charge < -0.3 is 15.2 Å². The van der Waals surface area contributed by atoms with Crippen LogP contribution in [0.5, 0.6) is 0 Å². The van der Waals surface area contributed by atoms with Crippen molar-refractivity contribution in [2.75, 3.05) is 36.4 Å². The van der Waals surface area contributed by atoms with E-state index in [2.05, 4.69) is 40.1 Å². The SMILES string of the molecule is CCN(CC)c1ccc(NC(=O)[C@H]2CCCN(S(=O)(=O)c3cnc[nH]3)C2)c(C)c1. The van der Waals surface area contributed by atoms with E-state index >= 15 is 0 Å². The minimum absolute atomic E-state index is 0.0568. The smallest absolute Gasteiger partial charge is 0.260 e. The number of anilines is 2. The second-order valence-corrected chi connectivity index (χ2v) is 9.19. The summed E-state index contributed by atoms with van der Waals surface area (Å²) in [5.41, 5.74) is 2.87. The number of piperidine rings is 1. The van der Waals surface area contributed by atoms with E-state index in [9.17, 15) is 13.2 Å². The molecule has 1 aliphatic rings. The molecule has 0 aliphatic carbocycles. The van der Waals surface area contributed by atoms with Gasteiger partial charge in [-0.1, -0.05) is 0 Å². The first-order chi connectivity index (χ1) is 13.9. The molecule has 0 bridgehead atoms. The first-order valence-electron chi connectivity index (χ1n) is 10.0. The predicted octanol–water partition coefficient (Wildman–Crippen LogP) is 2.60. The number of amides is 1. The van der Waals surface area contributed by atoms with E-state index in [1.54, 1.807) is 0 Å². The minimum Gasteiger partial charge on any atom is -0.372 e. The fourth-order valence-electron chi connectivity index (χ4n) is 3.71. The number of aromatic amines is 1. The fraction of sp³-hybridized carbons (Fsp3) is 0.500. The molecule has 158 valence electrons. The van der Waals surface area contributed by atoms with Crippen molar-refractivity contribution in [3.8, 4) is 0 Å². The number of aromatic nitrogens is 2. The minimum atomic E-state index is -3.66. The number of hydrogen-bond acceptors (Lipinski definition) is 5. The fourth-order valence-corrected chi connectivity index (χ4v) is 5.13. The maximum absolute atomic E-state index is 12.8. The highest BCUT2D eigenvalue weighted by Crippen LogP contribution is 2.26. The van der Waals surface area contributed by atoms with Gasteiger partial charge in [0.2, 0.25) is 5.91 Å². The Morgan fingerprint density at radius 1 is 1.34 bits per heavy atom. The number of carbonyl (C=O) groups is 1. The number of carbonyl (C=O) groups excluding carboxylic acids is 1. The van der Waals surface area contributed by atoms with Gasteiger partial charge in [-0.2, -0.15) is 4.31 Å². The van der Waals surface area contributed by atoms with Crippen molar-refractivity contribution in [3.05, 3.63) is 36.3 Å². The van der Waals surface area contributed by atoms with Crippen LogP contribution in [0.25, 0.3) is 0 Å². The van der Waals surface area contributed by atoms with Crippen LogP contribution in [-0.2, 0) is 14.8 Å². The Morgan fingerprint density at radius 2 is 2.10 bits per heavy atom. The summed E-state index contributed by atoms with van der Waals surface area (Å²) < 4.78 is 26.8. The molecular weight excluding hydrogens is 390 g/mol. The van der Waals surface area contributed by atoms with Crippen LogP contribution < -0.4 is 10.2 Å². The summed E-state index contributed by atoms with van der Waals surface area (Å²) in [4.78, 5) is 21.5. The maximum atomic E-state index is 12.8. The van der Waals surface area contributed by atoms with Crippen LogP contribution in [0.15, 0.2) is 35.7 Å². The largest absolute Gasteiger partial charge is 0.372 e. The quantitative estimate of drug-likeness (QED) is 0.719. The number of imidazole rings is 1. The van der Waals surface area contributed by atoms with Crippen molar-refractivity contribution in [1.82, 2.24) is 14.3 Å². The molecule has 3 rings (SSSR count). The van der Waals surface area contributed by atoms with E-state index in [1.807, 2.05) is 19.1 Å². The standard InChI is InChI=1S/C20H29N5O3S/c1-4-24(5-2)17-8-9-18(15(3)11-17)23-20(26)16-7-6-10-25(13-16)29(27,28)19-12-21-14-22-19/h8-9,11-12,14,16H,4-7,10,13H2,1-3H3,(H,21,22)(H,23,26)/t16-/m0/s1. The Balaban J connectivity index is 1.69. The Hall–Kier alpha value is -2.39. The van der Waals surface area contributed by atoms with Crippen molar-refractivity contribution in [1.29, 1.82) is 0 Å². The Kier molecular flexibility index (Phi) is 6.59. The summed E-state index contributed by atoms with van der Waals surface area (Å²) >= 11 is 0. The summed E-state index contributed by atoms with van der Waals surface area (Å²) in [6.45, 7) is 8.61. The van der Waals surface area contributed by atoms with Crippen molar-refractivity contribution >= 4 is 27.3 Å². The third kappa shape index (κ3) is 4.62. The Bertz CT molecular complexity index is 939. The van der Waals surface area contributed by atoms with E-state index in [1.165, 1.54) is 16.8 Å². The van der Waals surface area contributed by atoms with E-state index in [0.29, 0.717) is 19.4 Å².